The summed E-state index contributed by atoms with van der Waals surface area (Å²) >= 11 is 0. The first-order valence-corrected chi connectivity index (χ1v) is 16.3. The summed E-state index contributed by atoms with van der Waals surface area (Å²) in [6, 6.07) is 13.6. The zero-order valence-corrected chi connectivity index (χ0v) is 27.6. The number of amidine groups is 1. The van der Waals surface area contributed by atoms with Crippen molar-refractivity contribution >= 4 is 35.5 Å². The number of nitrogens with one attached hydrogen (secondary N) is 2. The molecule has 0 bridgehead atoms. The Morgan fingerprint density at radius 1 is 0.960 bits per heavy atom. The summed E-state index contributed by atoms with van der Waals surface area (Å²) in [5, 5.41) is 17.7. The number of carboxylic acids is 1. The number of nitrogen functional groups attached to an aromatic ring is 1. The minimum atomic E-state index is -5.08. The number of aliphatic imine (C=N–C) groups is 1. The smallest absolute Gasteiger partial charge is 0.475 e. The van der Waals surface area contributed by atoms with Crippen LogP contribution in [0.3, 0.4) is 0 Å². The SMILES string of the molecule is N=C(N)c1ccc(CC(C(=O)N2Cc3ccccc3C[C@H]2C(=O)N[C@@H](CCCN=C(N)N)C(N)=O)C2CCCCC2)cc1.O=C(O)C(F)(F)F. The third kappa shape index (κ3) is 11.5. The quantitative estimate of drug-likeness (QED) is 0.0981. The van der Waals surface area contributed by atoms with Crippen LogP contribution in [0.1, 0.15) is 67.2 Å². The van der Waals surface area contributed by atoms with Gasteiger partial charge in [-0.3, -0.25) is 24.8 Å². The van der Waals surface area contributed by atoms with E-state index in [1.54, 1.807) is 4.90 Å². The van der Waals surface area contributed by atoms with Crippen LogP contribution in [0, 0.1) is 17.2 Å². The molecule has 16 heteroatoms. The summed E-state index contributed by atoms with van der Waals surface area (Å²) < 4.78 is 31.7. The number of alkyl halides is 3. The van der Waals surface area contributed by atoms with Crippen molar-refractivity contribution in [1.29, 1.82) is 5.41 Å². The zero-order valence-electron chi connectivity index (χ0n) is 27.6. The Bertz CT molecular complexity index is 1540. The first-order valence-electron chi connectivity index (χ1n) is 16.3. The maximum Gasteiger partial charge on any atom is 0.490 e. The van der Waals surface area contributed by atoms with Crippen LogP contribution in [0.5, 0.6) is 0 Å². The molecule has 2 aromatic carbocycles. The number of hydrogen-bond donors (Lipinski definition) is 7. The van der Waals surface area contributed by atoms with Crippen LogP contribution in [0.2, 0.25) is 0 Å². The Morgan fingerprint density at radius 2 is 1.56 bits per heavy atom. The number of carbonyl (C=O) groups is 4. The van der Waals surface area contributed by atoms with Crippen molar-refractivity contribution in [3.05, 3.63) is 70.8 Å². The van der Waals surface area contributed by atoms with E-state index in [0.29, 0.717) is 37.9 Å². The average molecular weight is 703 g/mol. The number of guanidine groups is 1. The van der Waals surface area contributed by atoms with Crippen LogP contribution in [0.25, 0.3) is 0 Å². The molecule has 3 amide bonds. The van der Waals surface area contributed by atoms with E-state index in [1.165, 1.54) is 0 Å². The Labute approximate surface area is 288 Å². The molecule has 1 aliphatic heterocycles. The van der Waals surface area contributed by atoms with Crippen molar-refractivity contribution in [2.24, 2.45) is 39.8 Å². The lowest BCUT2D eigenvalue weighted by Gasteiger charge is -2.40. The van der Waals surface area contributed by atoms with E-state index in [2.05, 4.69) is 10.3 Å². The van der Waals surface area contributed by atoms with Crippen molar-refractivity contribution in [3.63, 3.8) is 0 Å². The van der Waals surface area contributed by atoms with Gasteiger partial charge in [0, 0.05) is 31.0 Å². The number of halogens is 3. The Balaban J connectivity index is 0.000000872. The van der Waals surface area contributed by atoms with Gasteiger partial charge in [-0.15, -0.1) is 0 Å². The number of rotatable bonds is 12. The number of benzene rings is 2. The molecule has 1 saturated carbocycles. The number of nitrogens with two attached hydrogens (primary N) is 4. The first kappa shape index (κ1) is 39.3. The highest BCUT2D eigenvalue weighted by atomic mass is 19.4. The zero-order chi connectivity index (χ0) is 37.0. The average Bonchev–Trinajstić information content (AvgIpc) is 3.07. The Morgan fingerprint density at radius 3 is 2.10 bits per heavy atom. The summed E-state index contributed by atoms with van der Waals surface area (Å²) in [4.78, 5) is 55.2. The number of aliphatic carboxylic acids is 1. The molecule has 1 unspecified atom stereocenters. The standard InChI is InChI=1S/C32H44N8O3.C2HF3O2/c33-28(34)22-14-12-20(13-15-22)17-25(21-7-2-1-3-8-21)31(43)40-19-24-10-5-4-9-23(24)18-27(40)30(42)39-26(29(35)41)11-6-16-38-32(36)37;3-2(4,5)1(6)7/h4-5,9-10,12-15,21,25-27H,1-3,6-8,11,16-19H2,(H3,33,34)(H2,35,41)(H,39,42)(H4,36,37,38);(H,6,7)/t25?,26-,27-;/m0./s1. The second-order valence-corrected chi connectivity index (χ2v) is 12.5. The van der Waals surface area contributed by atoms with E-state index in [0.717, 1.165) is 48.8 Å². The van der Waals surface area contributed by atoms with Crippen molar-refractivity contribution in [3.8, 4) is 0 Å². The summed E-state index contributed by atoms with van der Waals surface area (Å²) in [7, 11) is 0. The lowest BCUT2D eigenvalue weighted by atomic mass is 9.76. The van der Waals surface area contributed by atoms with Gasteiger partial charge < -0.3 is 38.3 Å². The van der Waals surface area contributed by atoms with Gasteiger partial charge >= 0.3 is 12.1 Å². The topological polar surface area (TPSA) is 244 Å². The maximum atomic E-state index is 14.6. The molecule has 0 radical (unpaired) electrons. The Hall–Kier alpha value is -5.15. The number of carboxylic acid groups (broad SMARTS) is 1. The fourth-order valence-electron chi connectivity index (χ4n) is 6.33. The van der Waals surface area contributed by atoms with Crippen LogP contribution >= 0.6 is 0 Å². The number of hydrogen-bond acceptors (Lipinski definition) is 6. The van der Waals surface area contributed by atoms with Crippen LogP contribution in [-0.2, 0) is 38.6 Å². The van der Waals surface area contributed by atoms with Gasteiger partial charge in [-0.2, -0.15) is 13.2 Å². The van der Waals surface area contributed by atoms with Crippen LogP contribution < -0.4 is 28.3 Å². The van der Waals surface area contributed by atoms with Crippen LogP contribution in [-0.4, -0.2) is 70.3 Å². The molecule has 0 saturated heterocycles. The van der Waals surface area contributed by atoms with Gasteiger partial charge in [0.05, 0.1) is 0 Å². The van der Waals surface area contributed by atoms with E-state index >= 15 is 0 Å². The monoisotopic (exact) mass is 702 g/mol. The van der Waals surface area contributed by atoms with E-state index in [9.17, 15) is 27.6 Å². The molecule has 0 aromatic heterocycles. The third-order valence-corrected chi connectivity index (χ3v) is 8.94. The number of fused-ring (bicyclic) bond motifs is 1. The second kappa shape index (κ2) is 18.0. The second-order valence-electron chi connectivity index (χ2n) is 12.5. The highest BCUT2D eigenvalue weighted by molar-refractivity contribution is 5.95. The molecule has 13 nitrogen and oxygen atoms in total. The molecule has 272 valence electrons. The maximum absolute atomic E-state index is 14.6. The fourth-order valence-corrected chi connectivity index (χ4v) is 6.33. The van der Waals surface area contributed by atoms with Gasteiger partial charge in [0.1, 0.15) is 17.9 Å². The first-order chi connectivity index (χ1) is 23.6. The molecular weight excluding hydrogens is 657 g/mol. The number of amides is 3. The molecule has 2 aliphatic rings. The van der Waals surface area contributed by atoms with Crippen molar-refractivity contribution < 1.29 is 37.5 Å². The fraction of sp³-hybridized carbons (Fsp3) is 0.471. The lowest BCUT2D eigenvalue weighted by molar-refractivity contribution is -0.192. The third-order valence-electron chi connectivity index (χ3n) is 8.94. The number of primary amides is 1. The largest absolute Gasteiger partial charge is 0.490 e. The highest BCUT2D eigenvalue weighted by Gasteiger charge is 2.41. The van der Waals surface area contributed by atoms with Crippen LogP contribution in [0.15, 0.2) is 53.5 Å². The van der Waals surface area contributed by atoms with E-state index in [-0.39, 0.29) is 36.0 Å². The predicted molar refractivity (Wildman–Crippen MR) is 180 cm³/mol. The molecule has 11 N–H and O–H groups in total. The number of carbonyl (C=O) groups excluding carboxylic acids is 3. The molecular formula is C34H45F3N8O5. The van der Waals surface area contributed by atoms with E-state index in [1.807, 2.05) is 48.5 Å². The molecule has 1 fully saturated rings. The van der Waals surface area contributed by atoms with E-state index < -0.39 is 36.0 Å². The van der Waals surface area contributed by atoms with Crippen molar-refractivity contribution in [2.45, 2.75) is 82.6 Å². The molecule has 50 heavy (non-hydrogen) atoms. The summed E-state index contributed by atoms with van der Waals surface area (Å²) in [5.74, 6) is -4.02. The predicted octanol–water partition coefficient (Wildman–Crippen LogP) is 2.32. The van der Waals surface area contributed by atoms with Crippen molar-refractivity contribution in [2.75, 3.05) is 6.54 Å². The molecule has 1 heterocycles. The summed E-state index contributed by atoms with van der Waals surface area (Å²) in [6.45, 7) is 0.616. The molecule has 1 aliphatic carbocycles. The lowest BCUT2D eigenvalue weighted by Crippen LogP contribution is -2.57. The van der Waals surface area contributed by atoms with Gasteiger partial charge in [-0.05, 0) is 54.7 Å². The van der Waals surface area contributed by atoms with Gasteiger partial charge in [-0.25, -0.2) is 4.79 Å². The minimum absolute atomic E-state index is 0.00204. The van der Waals surface area contributed by atoms with Crippen molar-refractivity contribution in [1.82, 2.24) is 10.2 Å². The van der Waals surface area contributed by atoms with Gasteiger partial charge in [0.2, 0.25) is 17.7 Å². The van der Waals surface area contributed by atoms with Gasteiger partial charge in [0.25, 0.3) is 0 Å². The van der Waals surface area contributed by atoms with Crippen LogP contribution in [0.4, 0.5) is 13.2 Å². The molecule has 3 atom stereocenters. The van der Waals surface area contributed by atoms with Gasteiger partial charge in [0.15, 0.2) is 5.96 Å². The minimum Gasteiger partial charge on any atom is -0.475 e. The Kier molecular flexibility index (Phi) is 14.2. The van der Waals surface area contributed by atoms with E-state index in [4.69, 9.17) is 38.2 Å². The molecule has 0 spiro atoms. The molecule has 2 aromatic rings. The van der Waals surface area contributed by atoms with Gasteiger partial charge in [-0.1, -0.05) is 67.8 Å². The molecule has 4 rings (SSSR count). The summed E-state index contributed by atoms with van der Waals surface area (Å²) in [5.41, 5.74) is 25.7. The normalized spacial score (nSPS) is 17.2. The highest BCUT2D eigenvalue weighted by Crippen LogP contribution is 2.35. The number of nitrogens with zero attached hydrogens (tertiary/aromatic N) is 2. The summed E-state index contributed by atoms with van der Waals surface area (Å²) in [6.07, 6.45) is 1.75.